The zero-order valence-corrected chi connectivity index (χ0v) is 11.2. The van der Waals surface area contributed by atoms with Gasteiger partial charge in [0.05, 0.1) is 6.10 Å². The third-order valence-electron chi connectivity index (χ3n) is 4.58. The summed E-state index contributed by atoms with van der Waals surface area (Å²) in [5.74, 6) is 0.396. The van der Waals surface area contributed by atoms with E-state index in [4.69, 9.17) is 0 Å². The molecule has 4 heteroatoms. The number of aromatic nitrogens is 1. The largest absolute Gasteiger partial charge is 0.393 e. The van der Waals surface area contributed by atoms with Crippen LogP contribution in [0.2, 0.25) is 0 Å². The molecule has 3 unspecified atom stereocenters. The minimum Gasteiger partial charge on any atom is -0.393 e. The Morgan fingerprint density at radius 3 is 2.95 bits per heavy atom. The Kier molecular flexibility index (Phi) is 3.71. The number of aliphatic hydroxyl groups is 1. The lowest BCUT2D eigenvalue weighted by molar-refractivity contribution is 0.129. The second-order valence-electron chi connectivity index (χ2n) is 5.87. The SMILES string of the molecule is O=c1ccc2c([nH]1)CCCC2NCC1CCCC1O. The van der Waals surface area contributed by atoms with Gasteiger partial charge in [-0.15, -0.1) is 0 Å². The van der Waals surface area contributed by atoms with Crippen LogP contribution < -0.4 is 10.9 Å². The smallest absolute Gasteiger partial charge is 0.248 e. The van der Waals surface area contributed by atoms with Crippen molar-refractivity contribution in [3.05, 3.63) is 33.7 Å². The Morgan fingerprint density at radius 2 is 2.16 bits per heavy atom. The van der Waals surface area contributed by atoms with Crippen LogP contribution in [-0.2, 0) is 6.42 Å². The van der Waals surface area contributed by atoms with Gasteiger partial charge < -0.3 is 15.4 Å². The Hall–Kier alpha value is -1.13. The number of aliphatic hydroxyl groups excluding tert-OH is 1. The normalized spacial score (nSPS) is 30.3. The fraction of sp³-hybridized carbons (Fsp3) is 0.667. The van der Waals surface area contributed by atoms with Crippen molar-refractivity contribution in [1.29, 1.82) is 0 Å². The maximum absolute atomic E-state index is 11.3. The lowest BCUT2D eigenvalue weighted by atomic mass is 9.91. The molecule has 1 saturated carbocycles. The molecule has 1 fully saturated rings. The van der Waals surface area contributed by atoms with Gasteiger partial charge in [0, 0.05) is 24.3 Å². The van der Waals surface area contributed by atoms with Gasteiger partial charge in [0.2, 0.25) is 5.56 Å². The molecule has 1 aromatic heterocycles. The van der Waals surface area contributed by atoms with E-state index in [1.54, 1.807) is 6.07 Å². The summed E-state index contributed by atoms with van der Waals surface area (Å²) in [5, 5.41) is 13.5. The number of hydrogen-bond acceptors (Lipinski definition) is 3. The summed E-state index contributed by atoms with van der Waals surface area (Å²) in [6.45, 7) is 0.879. The van der Waals surface area contributed by atoms with E-state index < -0.39 is 0 Å². The first kappa shape index (κ1) is 12.9. The van der Waals surface area contributed by atoms with Crippen molar-refractivity contribution in [2.45, 2.75) is 50.7 Å². The van der Waals surface area contributed by atoms with E-state index in [0.29, 0.717) is 12.0 Å². The average Bonchev–Trinajstić information content (AvgIpc) is 2.81. The fourth-order valence-corrected chi connectivity index (χ4v) is 3.46. The first-order chi connectivity index (χ1) is 9.24. The molecule has 0 amide bonds. The quantitative estimate of drug-likeness (QED) is 0.773. The second-order valence-corrected chi connectivity index (χ2v) is 5.87. The van der Waals surface area contributed by atoms with Gasteiger partial charge in [0.15, 0.2) is 0 Å². The van der Waals surface area contributed by atoms with Crippen molar-refractivity contribution in [3.63, 3.8) is 0 Å². The van der Waals surface area contributed by atoms with Gasteiger partial charge in [-0.05, 0) is 43.6 Å². The summed E-state index contributed by atoms with van der Waals surface area (Å²) in [6.07, 6.45) is 6.27. The van der Waals surface area contributed by atoms with Crippen LogP contribution in [-0.4, -0.2) is 22.7 Å². The number of fused-ring (bicyclic) bond motifs is 1. The Morgan fingerprint density at radius 1 is 1.26 bits per heavy atom. The molecular weight excluding hydrogens is 240 g/mol. The van der Waals surface area contributed by atoms with Gasteiger partial charge in [0.25, 0.3) is 0 Å². The fourth-order valence-electron chi connectivity index (χ4n) is 3.46. The van der Waals surface area contributed by atoms with Gasteiger partial charge in [-0.25, -0.2) is 0 Å². The average molecular weight is 262 g/mol. The third-order valence-corrected chi connectivity index (χ3v) is 4.58. The predicted octanol–water partition coefficient (Wildman–Crippen LogP) is 1.50. The zero-order valence-electron chi connectivity index (χ0n) is 11.2. The molecular formula is C15H22N2O2. The molecule has 0 radical (unpaired) electrons. The molecule has 0 aromatic carbocycles. The highest BCUT2D eigenvalue weighted by molar-refractivity contribution is 5.26. The van der Waals surface area contributed by atoms with Crippen molar-refractivity contribution in [2.24, 2.45) is 5.92 Å². The van der Waals surface area contributed by atoms with E-state index in [1.807, 2.05) is 6.07 Å². The monoisotopic (exact) mass is 262 g/mol. The van der Waals surface area contributed by atoms with Gasteiger partial charge in [-0.1, -0.05) is 12.5 Å². The van der Waals surface area contributed by atoms with Crippen LogP contribution in [0.3, 0.4) is 0 Å². The number of nitrogens with one attached hydrogen (secondary N) is 2. The summed E-state index contributed by atoms with van der Waals surface area (Å²) in [4.78, 5) is 14.3. The molecule has 3 N–H and O–H groups in total. The predicted molar refractivity (Wildman–Crippen MR) is 74.1 cm³/mol. The van der Waals surface area contributed by atoms with Crippen molar-refractivity contribution in [3.8, 4) is 0 Å². The molecule has 4 nitrogen and oxygen atoms in total. The van der Waals surface area contributed by atoms with E-state index in [9.17, 15) is 9.90 Å². The van der Waals surface area contributed by atoms with Crippen LogP contribution in [0.5, 0.6) is 0 Å². The van der Waals surface area contributed by atoms with Crippen molar-refractivity contribution in [1.82, 2.24) is 10.3 Å². The highest BCUT2D eigenvalue weighted by Crippen LogP contribution is 2.29. The maximum Gasteiger partial charge on any atom is 0.248 e. The van der Waals surface area contributed by atoms with Gasteiger partial charge in [-0.3, -0.25) is 4.79 Å². The minimum absolute atomic E-state index is 0.00869. The molecule has 2 aliphatic carbocycles. The Balaban J connectivity index is 1.68. The van der Waals surface area contributed by atoms with E-state index in [0.717, 1.165) is 50.8 Å². The van der Waals surface area contributed by atoms with Gasteiger partial charge >= 0.3 is 0 Å². The van der Waals surface area contributed by atoms with Crippen LogP contribution in [0.1, 0.15) is 49.4 Å². The first-order valence-corrected chi connectivity index (χ1v) is 7.37. The van der Waals surface area contributed by atoms with E-state index in [1.165, 1.54) is 5.56 Å². The molecule has 0 spiro atoms. The lowest BCUT2D eigenvalue weighted by Crippen LogP contribution is -2.33. The molecule has 0 bridgehead atoms. The molecule has 1 aromatic rings. The molecule has 104 valence electrons. The van der Waals surface area contributed by atoms with Crippen molar-refractivity contribution < 1.29 is 5.11 Å². The summed E-state index contributed by atoms with van der Waals surface area (Å²) in [5.41, 5.74) is 2.31. The molecule has 0 aliphatic heterocycles. The molecule has 2 aliphatic rings. The molecule has 3 atom stereocenters. The van der Waals surface area contributed by atoms with Crippen molar-refractivity contribution >= 4 is 0 Å². The third kappa shape index (κ3) is 2.74. The van der Waals surface area contributed by atoms with Crippen LogP contribution in [0, 0.1) is 5.92 Å². The highest BCUT2D eigenvalue weighted by Gasteiger charge is 2.27. The molecule has 19 heavy (non-hydrogen) atoms. The maximum atomic E-state index is 11.3. The lowest BCUT2D eigenvalue weighted by Gasteiger charge is -2.27. The van der Waals surface area contributed by atoms with Gasteiger partial charge in [0.1, 0.15) is 0 Å². The Labute approximate surface area is 113 Å². The number of aromatic amines is 1. The number of aryl methyl sites for hydroxylation is 1. The topological polar surface area (TPSA) is 65.1 Å². The molecule has 3 rings (SSSR count). The zero-order chi connectivity index (χ0) is 13.2. The molecule has 1 heterocycles. The number of H-pyrrole nitrogens is 1. The van der Waals surface area contributed by atoms with Crippen molar-refractivity contribution in [2.75, 3.05) is 6.54 Å². The standard InChI is InChI=1S/C15H22N2O2/c18-14-6-1-3-10(14)9-16-12-4-2-5-13-11(12)7-8-15(19)17-13/h7-8,10,12,14,16,18H,1-6,9H2,(H,17,19). The summed E-state index contributed by atoms with van der Waals surface area (Å²) >= 11 is 0. The van der Waals surface area contributed by atoms with E-state index in [-0.39, 0.29) is 11.7 Å². The first-order valence-electron chi connectivity index (χ1n) is 7.37. The van der Waals surface area contributed by atoms with Crippen LogP contribution in [0.25, 0.3) is 0 Å². The Bertz CT molecular complexity index is 497. The minimum atomic E-state index is -0.133. The summed E-state index contributed by atoms with van der Waals surface area (Å²) in [6, 6.07) is 3.90. The highest BCUT2D eigenvalue weighted by atomic mass is 16.3. The number of rotatable bonds is 3. The van der Waals surface area contributed by atoms with Crippen LogP contribution in [0.15, 0.2) is 16.9 Å². The van der Waals surface area contributed by atoms with Gasteiger partial charge in [-0.2, -0.15) is 0 Å². The number of pyridine rings is 1. The summed E-state index contributed by atoms with van der Waals surface area (Å²) < 4.78 is 0. The summed E-state index contributed by atoms with van der Waals surface area (Å²) in [7, 11) is 0. The van der Waals surface area contributed by atoms with E-state index in [2.05, 4.69) is 10.3 Å². The van der Waals surface area contributed by atoms with Crippen LogP contribution >= 0.6 is 0 Å². The van der Waals surface area contributed by atoms with E-state index >= 15 is 0 Å². The second kappa shape index (κ2) is 5.47. The number of hydrogen-bond donors (Lipinski definition) is 3. The van der Waals surface area contributed by atoms with Crippen LogP contribution in [0.4, 0.5) is 0 Å². The molecule has 0 saturated heterocycles.